The molecule has 0 spiro atoms. The summed E-state index contributed by atoms with van der Waals surface area (Å²) >= 11 is 1.24. The normalized spacial score (nSPS) is 16.1. The molecular formula is C22H17N3O4S. The number of hydrogen-bond donors (Lipinski definition) is 2. The van der Waals surface area contributed by atoms with Crippen molar-refractivity contribution >= 4 is 40.3 Å². The zero-order valence-corrected chi connectivity index (χ0v) is 16.7. The molecule has 0 saturated heterocycles. The minimum Gasteiger partial charge on any atom is -0.503 e. The monoisotopic (exact) mass is 419 g/mol. The van der Waals surface area contributed by atoms with E-state index in [0.717, 1.165) is 0 Å². The van der Waals surface area contributed by atoms with E-state index in [2.05, 4.69) is 10.3 Å². The van der Waals surface area contributed by atoms with Gasteiger partial charge in [0.1, 0.15) is 0 Å². The van der Waals surface area contributed by atoms with Crippen molar-refractivity contribution in [3.8, 4) is 0 Å². The number of Topliss-reactive ketones (excluding diaryl/α,β-unsaturated/α-hetero) is 1. The maximum Gasteiger partial charge on any atom is 0.294 e. The van der Waals surface area contributed by atoms with Crippen molar-refractivity contribution in [2.75, 3.05) is 10.2 Å². The second-order valence-corrected chi connectivity index (χ2v) is 7.61. The average molecular weight is 419 g/mol. The Labute approximate surface area is 176 Å². The molecule has 0 aliphatic carbocycles. The first kappa shape index (κ1) is 19.5. The lowest BCUT2D eigenvalue weighted by molar-refractivity contribution is -0.117. The number of carbonyl (C=O) groups is 3. The molecule has 1 aromatic carbocycles. The lowest BCUT2D eigenvalue weighted by Gasteiger charge is -2.27. The van der Waals surface area contributed by atoms with Crippen LogP contribution in [-0.4, -0.2) is 27.7 Å². The minimum atomic E-state index is -0.853. The van der Waals surface area contributed by atoms with E-state index >= 15 is 0 Å². The summed E-state index contributed by atoms with van der Waals surface area (Å²) in [5.41, 5.74) is 1.51. The van der Waals surface area contributed by atoms with E-state index in [1.54, 1.807) is 66.3 Å². The maximum absolute atomic E-state index is 13.2. The summed E-state index contributed by atoms with van der Waals surface area (Å²) in [4.78, 5) is 43.6. The van der Waals surface area contributed by atoms with Crippen molar-refractivity contribution in [3.63, 3.8) is 0 Å². The predicted molar refractivity (Wildman–Crippen MR) is 114 cm³/mol. The number of carbonyl (C=O) groups excluding carboxylic acids is 3. The van der Waals surface area contributed by atoms with Crippen molar-refractivity contribution < 1.29 is 19.5 Å². The summed E-state index contributed by atoms with van der Waals surface area (Å²) in [6.45, 7) is 1.39. The van der Waals surface area contributed by atoms with Crippen molar-refractivity contribution in [1.29, 1.82) is 0 Å². The van der Waals surface area contributed by atoms with Gasteiger partial charge < -0.3 is 10.4 Å². The van der Waals surface area contributed by atoms with Crippen LogP contribution in [0.5, 0.6) is 0 Å². The van der Waals surface area contributed by atoms with E-state index in [1.807, 2.05) is 0 Å². The molecule has 1 aliphatic rings. The predicted octanol–water partition coefficient (Wildman–Crippen LogP) is 3.88. The van der Waals surface area contributed by atoms with Gasteiger partial charge in [0.25, 0.3) is 5.91 Å². The summed E-state index contributed by atoms with van der Waals surface area (Å²) in [7, 11) is 0. The van der Waals surface area contributed by atoms with E-state index in [-0.39, 0.29) is 11.5 Å². The summed E-state index contributed by atoms with van der Waals surface area (Å²) in [6, 6.07) is 12.7. The second kappa shape index (κ2) is 7.92. The molecule has 4 rings (SSSR count). The van der Waals surface area contributed by atoms with Gasteiger partial charge in [-0.2, -0.15) is 0 Å². The Balaban J connectivity index is 1.84. The zero-order valence-electron chi connectivity index (χ0n) is 15.9. The quantitative estimate of drug-likeness (QED) is 0.612. The van der Waals surface area contributed by atoms with Crippen LogP contribution in [-0.2, 0) is 9.59 Å². The first-order valence-electron chi connectivity index (χ1n) is 9.10. The van der Waals surface area contributed by atoms with Crippen LogP contribution in [0.15, 0.2) is 77.6 Å². The molecule has 150 valence electrons. The Kier molecular flexibility index (Phi) is 5.16. The number of rotatable bonds is 5. The van der Waals surface area contributed by atoms with Gasteiger partial charge in [0.2, 0.25) is 11.7 Å². The van der Waals surface area contributed by atoms with Gasteiger partial charge in [0.15, 0.2) is 5.76 Å². The summed E-state index contributed by atoms with van der Waals surface area (Å²) in [5.74, 6) is -1.95. The van der Waals surface area contributed by atoms with Gasteiger partial charge in [-0.25, -0.2) is 0 Å². The van der Waals surface area contributed by atoms with Gasteiger partial charge in [0, 0.05) is 30.7 Å². The zero-order chi connectivity index (χ0) is 21.3. The van der Waals surface area contributed by atoms with Crippen molar-refractivity contribution in [2.24, 2.45) is 0 Å². The highest BCUT2D eigenvalue weighted by Gasteiger charge is 2.45. The molecule has 1 unspecified atom stereocenters. The molecule has 1 atom stereocenters. The molecule has 2 amide bonds. The molecular weight excluding hydrogens is 402 g/mol. The average Bonchev–Trinajstić information content (AvgIpc) is 3.36. The van der Waals surface area contributed by atoms with Gasteiger partial charge in [-0.15, -0.1) is 11.3 Å². The highest BCUT2D eigenvalue weighted by Crippen LogP contribution is 2.42. The topological polar surface area (TPSA) is 99.6 Å². The van der Waals surface area contributed by atoms with Crippen LogP contribution in [0, 0.1) is 0 Å². The third kappa shape index (κ3) is 3.48. The number of hydrogen-bond acceptors (Lipinski definition) is 6. The van der Waals surface area contributed by atoms with Gasteiger partial charge in [-0.05, 0) is 41.3 Å². The van der Waals surface area contributed by atoms with Crippen molar-refractivity contribution in [2.45, 2.75) is 13.0 Å². The van der Waals surface area contributed by atoms with Gasteiger partial charge in [0.05, 0.1) is 16.5 Å². The van der Waals surface area contributed by atoms with E-state index in [1.165, 1.54) is 23.2 Å². The standard InChI is InChI=1S/C22H17N3O4S/c1-13(26)24-15-6-2-7-16(11-15)25-19(14-5-3-9-23-12-14)18(21(28)22(25)29)20(27)17-8-4-10-30-17/h2-12,19,28H,1H3,(H,24,26). The summed E-state index contributed by atoms with van der Waals surface area (Å²) < 4.78 is 0. The third-order valence-electron chi connectivity index (χ3n) is 4.64. The van der Waals surface area contributed by atoms with Crippen LogP contribution in [0.1, 0.15) is 28.2 Å². The number of thiophene rings is 1. The molecule has 0 bridgehead atoms. The summed E-state index contributed by atoms with van der Waals surface area (Å²) in [5, 5.41) is 15.1. The Morgan fingerprint density at radius 3 is 2.67 bits per heavy atom. The number of amides is 2. The molecule has 3 heterocycles. The number of aromatic nitrogens is 1. The third-order valence-corrected chi connectivity index (χ3v) is 5.51. The van der Waals surface area contributed by atoms with Gasteiger partial charge >= 0.3 is 0 Å². The molecule has 0 fully saturated rings. The van der Waals surface area contributed by atoms with Gasteiger partial charge in [-0.3, -0.25) is 24.3 Å². The highest BCUT2D eigenvalue weighted by atomic mass is 32.1. The number of nitrogens with one attached hydrogen (secondary N) is 1. The summed E-state index contributed by atoms with van der Waals surface area (Å²) in [6.07, 6.45) is 3.15. The number of ketones is 1. The van der Waals surface area contributed by atoms with E-state index in [9.17, 15) is 19.5 Å². The van der Waals surface area contributed by atoms with Crippen LogP contribution in [0.3, 0.4) is 0 Å². The minimum absolute atomic E-state index is 0.000352. The highest BCUT2D eigenvalue weighted by molar-refractivity contribution is 7.12. The first-order chi connectivity index (χ1) is 14.5. The molecule has 1 aliphatic heterocycles. The molecule has 2 N–H and O–H groups in total. The SMILES string of the molecule is CC(=O)Nc1cccc(N2C(=O)C(O)=C(C(=O)c3cccs3)C2c2cccnc2)c1. The fraction of sp³-hybridized carbons (Fsp3) is 0.0909. The first-order valence-corrected chi connectivity index (χ1v) is 9.98. The second-order valence-electron chi connectivity index (χ2n) is 6.66. The number of nitrogens with zero attached hydrogens (tertiary/aromatic N) is 2. The van der Waals surface area contributed by atoms with Crippen molar-refractivity contribution in [3.05, 3.63) is 88.1 Å². The van der Waals surface area contributed by atoms with E-state index < -0.39 is 23.5 Å². The lowest BCUT2D eigenvalue weighted by Crippen LogP contribution is -2.31. The fourth-order valence-electron chi connectivity index (χ4n) is 3.43. The largest absolute Gasteiger partial charge is 0.503 e. The van der Waals surface area contributed by atoms with E-state index in [0.29, 0.717) is 21.8 Å². The van der Waals surface area contributed by atoms with Crippen molar-refractivity contribution in [1.82, 2.24) is 4.98 Å². The number of aliphatic hydroxyl groups is 1. The molecule has 2 aromatic heterocycles. The molecule has 0 radical (unpaired) electrons. The Morgan fingerprint density at radius 2 is 2.00 bits per heavy atom. The van der Waals surface area contributed by atoms with Crippen LogP contribution >= 0.6 is 11.3 Å². The van der Waals surface area contributed by atoms with Crippen LogP contribution in [0.4, 0.5) is 11.4 Å². The molecule has 30 heavy (non-hydrogen) atoms. The Bertz CT molecular complexity index is 1160. The van der Waals surface area contributed by atoms with Crippen LogP contribution in [0.2, 0.25) is 0 Å². The van der Waals surface area contributed by atoms with E-state index in [4.69, 9.17) is 0 Å². The Hall–Kier alpha value is -3.78. The smallest absolute Gasteiger partial charge is 0.294 e. The van der Waals surface area contributed by atoms with Crippen LogP contribution < -0.4 is 10.2 Å². The molecule has 8 heteroatoms. The van der Waals surface area contributed by atoms with Crippen LogP contribution in [0.25, 0.3) is 0 Å². The molecule has 3 aromatic rings. The lowest BCUT2D eigenvalue weighted by atomic mass is 9.96. The number of anilines is 2. The Morgan fingerprint density at radius 1 is 1.17 bits per heavy atom. The number of aliphatic hydroxyl groups excluding tert-OH is 1. The number of benzene rings is 1. The fourth-order valence-corrected chi connectivity index (χ4v) is 4.11. The molecule has 7 nitrogen and oxygen atoms in total. The van der Waals surface area contributed by atoms with Gasteiger partial charge in [-0.1, -0.05) is 18.2 Å². The maximum atomic E-state index is 13.2. The molecule has 0 saturated carbocycles. The number of pyridine rings is 1.